The molecule has 0 bridgehead atoms. The topological polar surface area (TPSA) is 19.9 Å². The van der Waals surface area contributed by atoms with Gasteiger partial charge in [0.25, 0.3) is 0 Å². The maximum absolute atomic E-state index is 11.0. The van der Waals surface area contributed by atoms with E-state index in [1.54, 1.807) is 13.0 Å². The van der Waals surface area contributed by atoms with Gasteiger partial charge in [-0.2, -0.15) is 0 Å². The molecule has 0 aromatic heterocycles. The highest BCUT2D eigenvalue weighted by atomic mass is 79.9. The predicted molar refractivity (Wildman–Crippen MR) is 46.7 cm³/mol. The standard InChI is InChI=1S/C7H5Br2O/c1-4-6(9)2-5(8)3-7(4)10/h2-3H,1H3. The molecule has 0 fully saturated rings. The molecular formula is C7H5Br2O. The molecule has 0 spiro atoms. The number of benzene rings is 1. The molecular weight excluding hydrogens is 260 g/mol. The summed E-state index contributed by atoms with van der Waals surface area (Å²) in [5, 5.41) is 11.0. The molecule has 0 aliphatic heterocycles. The summed E-state index contributed by atoms with van der Waals surface area (Å²) >= 11 is 6.48. The van der Waals surface area contributed by atoms with Crippen molar-refractivity contribution in [3.05, 3.63) is 26.6 Å². The average molecular weight is 265 g/mol. The lowest BCUT2D eigenvalue weighted by Crippen LogP contribution is -1.75. The lowest BCUT2D eigenvalue weighted by Gasteiger charge is -1.98. The highest BCUT2D eigenvalue weighted by Crippen LogP contribution is 2.29. The van der Waals surface area contributed by atoms with Gasteiger partial charge in [0.05, 0.1) is 0 Å². The van der Waals surface area contributed by atoms with Crippen LogP contribution < -0.4 is 0 Å². The summed E-state index contributed by atoms with van der Waals surface area (Å²) in [7, 11) is 0. The molecule has 0 amide bonds. The van der Waals surface area contributed by atoms with Gasteiger partial charge in [-0.15, -0.1) is 0 Å². The summed E-state index contributed by atoms with van der Waals surface area (Å²) in [5.41, 5.74) is 0.753. The fraction of sp³-hybridized carbons (Fsp3) is 0.143. The second-order valence-corrected chi connectivity index (χ2v) is 3.78. The largest absolute Gasteiger partial charge is 0.290 e. The first-order chi connectivity index (χ1) is 4.61. The summed E-state index contributed by atoms with van der Waals surface area (Å²) in [4.78, 5) is 0. The smallest absolute Gasteiger partial charge is 0.183 e. The van der Waals surface area contributed by atoms with Crippen LogP contribution in [0.3, 0.4) is 0 Å². The van der Waals surface area contributed by atoms with Gasteiger partial charge in [0.2, 0.25) is 0 Å². The number of hydrogen-bond donors (Lipinski definition) is 0. The van der Waals surface area contributed by atoms with E-state index in [2.05, 4.69) is 31.9 Å². The maximum Gasteiger partial charge on any atom is 0.183 e. The van der Waals surface area contributed by atoms with E-state index in [9.17, 15) is 5.11 Å². The van der Waals surface area contributed by atoms with E-state index in [0.29, 0.717) is 0 Å². The highest BCUT2D eigenvalue weighted by molar-refractivity contribution is 9.11. The zero-order valence-corrected chi connectivity index (χ0v) is 8.49. The first-order valence-electron chi connectivity index (χ1n) is 2.74. The second-order valence-electron chi connectivity index (χ2n) is 2.01. The molecule has 1 radical (unpaired) electrons. The summed E-state index contributed by atoms with van der Waals surface area (Å²) in [5.74, 6) is 0.0567. The van der Waals surface area contributed by atoms with E-state index in [1.807, 2.05) is 6.07 Å². The zero-order valence-electron chi connectivity index (χ0n) is 5.32. The first kappa shape index (κ1) is 8.08. The minimum absolute atomic E-state index is 0.0567. The highest BCUT2D eigenvalue weighted by Gasteiger charge is 2.02. The lowest BCUT2D eigenvalue weighted by atomic mass is 10.2. The molecule has 0 heterocycles. The average Bonchev–Trinajstić information content (AvgIpc) is 1.82. The minimum Gasteiger partial charge on any atom is -0.290 e. The van der Waals surface area contributed by atoms with E-state index in [1.165, 1.54) is 0 Å². The van der Waals surface area contributed by atoms with Crippen molar-refractivity contribution < 1.29 is 5.11 Å². The Kier molecular flexibility index (Phi) is 2.36. The van der Waals surface area contributed by atoms with E-state index in [0.717, 1.165) is 14.5 Å². The molecule has 3 heteroatoms. The van der Waals surface area contributed by atoms with Gasteiger partial charge in [-0.25, -0.2) is 0 Å². The van der Waals surface area contributed by atoms with Crippen LogP contribution in [0.2, 0.25) is 0 Å². The van der Waals surface area contributed by atoms with E-state index >= 15 is 0 Å². The van der Waals surface area contributed by atoms with Crippen molar-refractivity contribution in [2.75, 3.05) is 0 Å². The Bertz CT molecular complexity index is 235. The Balaban J connectivity index is 3.31. The quantitative estimate of drug-likeness (QED) is 0.682. The fourth-order valence-corrected chi connectivity index (χ4v) is 1.81. The van der Waals surface area contributed by atoms with Crippen LogP contribution >= 0.6 is 31.9 Å². The van der Waals surface area contributed by atoms with Gasteiger partial charge in [0.1, 0.15) is 0 Å². The van der Waals surface area contributed by atoms with E-state index < -0.39 is 0 Å². The lowest BCUT2D eigenvalue weighted by molar-refractivity contribution is 0.351. The molecule has 0 atom stereocenters. The van der Waals surface area contributed by atoms with Crippen LogP contribution in [0.25, 0.3) is 0 Å². The Labute approximate surface area is 76.3 Å². The van der Waals surface area contributed by atoms with Gasteiger partial charge in [-0.1, -0.05) is 31.9 Å². The molecule has 0 N–H and O–H groups in total. The van der Waals surface area contributed by atoms with Crippen LogP contribution in [0.5, 0.6) is 5.75 Å². The third-order valence-electron chi connectivity index (χ3n) is 1.26. The van der Waals surface area contributed by atoms with Gasteiger partial charge in [0, 0.05) is 14.5 Å². The molecule has 0 aliphatic rings. The maximum atomic E-state index is 11.0. The van der Waals surface area contributed by atoms with Gasteiger partial charge in [-0.3, -0.25) is 5.11 Å². The summed E-state index contributed by atoms with van der Waals surface area (Å²) in [6.45, 7) is 1.79. The van der Waals surface area contributed by atoms with E-state index in [4.69, 9.17) is 0 Å². The van der Waals surface area contributed by atoms with Crippen LogP contribution in [-0.2, 0) is 5.11 Å². The first-order valence-corrected chi connectivity index (χ1v) is 4.32. The summed E-state index contributed by atoms with van der Waals surface area (Å²) in [6.07, 6.45) is 0. The van der Waals surface area contributed by atoms with E-state index in [-0.39, 0.29) is 5.75 Å². The second kappa shape index (κ2) is 2.93. The molecule has 1 nitrogen and oxygen atoms in total. The third-order valence-corrected chi connectivity index (χ3v) is 2.54. The van der Waals surface area contributed by atoms with Crippen LogP contribution in [0.4, 0.5) is 0 Å². The predicted octanol–water partition coefficient (Wildman–Crippen LogP) is 3.66. The van der Waals surface area contributed by atoms with Crippen molar-refractivity contribution in [2.45, 2.75) is 6.92 Å². The zero-order chi connectivity index (χ0) is 7.72. The van der Waals surface area contributed by atoms with Gasteiger partial charge >= 0.3 is 0 Å². The summed E-state index contributed by atoms with van der Waals surface area (Å²) in [6, 6.07) is 3.41. The van der Waals surface area contributed by atoms with Crippen molar-refractivity contribution in [3.63, 3.8) is 0 Å². The van der Waals surface area contributed by atoms with Gasteiger partial charge < -0.3 is 0 Å². The number of hydrogen-bond acceptors (Lipinski definition) is 0. The molecule has 1 rings (SSSR count). The third kappa shape index (κ3) is 1.52. The fourth-order valence-electron chi connectivity index (χ4n) is 0.622. The Hall–Kier alpha value is -0.0200. The number of halogens is 2. The number of rotatable bonds is 0. The van der Waals surface area contributed by atoms with Crippen molar-refractivity contribution in [2.24, 2.45) is 0 Å². The monoisotopic (exact) mass is 263 g/mol. The molecule has 1 aromatic rings. The van der Waals surface area contributed by atoms with Crippen LogP contribution in [0, 0.1) is 6.92 Å². The SMILES string of the molecule is Cc1c([O])cc(Br)cc1Br. The summed E-state index contributed by atoms with van der Waals surface area (Å²) < 4.78 is 1.67. The van der Waals surface area contributed by atoms with Gasteiger partial charge in [-0.05, 0) is 19.1 Å². The Morgan fingerprint density at radius 2 is 1.90 bits per heavy atom. The molecule has 0 unspecified atom stereocenters. The van der Waals surface area contributed by atoms with Crippen molar-refractivity contribution in [1.29, 1.82) is 0 Å². The molecule has 53 valence electrons. The van der Waals surface area contributed by atoms with Crippen molar-refractivity contribution in [1.82, 2.24) is 0 Å². The molecule has 0 saturated carbocycles. The molecule has 0 saturated heterocycles. The molecule has 10 heavy (non-hydrogen) atoms. The van der Waals surface area contributed by atoms with Gasteiger partial charge in [0.15, 0.2) is 5.75 Å². The normalized spacial score (nSPS) is 9.90. The Morgan fingerprint density at radius 3 is 2.40 bits per heavy atom. The van der Waals surface area contributed by atoms with Crippen molar-refractivity contribution in [3.8, 4) is 5.75 Å². The minimum atomic E-state index is 0.0567. The van der Waals surface area contributed by atoms with Crippen LogP contribution in [0.1, 0.15) is 5.56 Å². The van der Waals surface area contributed by atoms with Crippen molar-refractivity contribution >= 4 is 31.9 Å². The van der Waals surface area contributed by atoms with Crippen LogP contribution in [-0.4, -0.2) is 0 Å². The Morgan fingerprint density at radius 1 is 1.30 bits per heavy atom. The molecule has 0 aliphatic carbocycles. The molecule has 1 aromatic carbocycles. The van der Waals surface area contributed by atoms with Crippen LogP contribution in [0.15, 0.2) is 21.1 Å².